The number of rotatable bonds is 6. The number of carbonyl (C=O) groups excluding carboxylic acids is 1. The zero-order valence-electron chi connectivity index (χ0n) is 14.4. The number of hydrogen-bond donors (Lipinski definition) is 2. The quantitative estimate of drug-likeness (QED) is 0.721. The van der Waals surface area contributed by atoms with Gasteiger partial charge in [-0.25, -0.2) is 0 Å². The monoisotopic (exact) mass is 340 g/mol. The van der Waals surface area contributed by atoms with Gasteiger partial charge in [-0.15, -0.1) is 0 Å². The third kappa shape index (κ3) is 3.38. The number of hydrogen-bond acceptors (Lipinski definition) is 4. The summed E-state index contributed by atoms with van der Waals surface area (Å²) in [5, 5.41) is 3.91. The third-order valence-electron chi connectivity index (χ3n) is 4.01. The molecule has 0 bridgehead atoms. The predicted molar refractivity (Wildman–Crippen MR) is 96.7 cm³/mol. The molecule has 2 aromatic carbocycles. The molecule has 6 heteroatoms. The Morgan fingerprint density at radius 3 is 2.36 bits per heavy atom. The summed E-state index contributed by atoms with van der Waals surface area (Å²) in [6.45, 7) is 0. The van der Waals surface area contributed by atoms with E-state index in [-0.39, 0.29) is 12.3 Å². The molecule has 0 aliphatic rings. The molecule has 0 aliphatic heterocycles. The van der Waals surface area contributed by atoms with Gasteiger partial charge in [-0.2, -0.15) is 0 Å². The highest BCUT2D eigenvalue weighted by atomic mass is 16.5. The summed E-state index contributed by atoms with van der Waals surface area (Å²) in [5.74, 6) is 1.38. The van der Waals surface area contributed by atoms with Gasteiger partial charge in [0.2, 0.25) is 5.91 Å². The summed E-state index contributed by atoms with van der Waals surface area (Å²) in [7, 11) is 4.62. The van der Waals surface area contributed by atoms with Gasteiger partial charge in [-0.1, -0.05) is 18.2 Å². The molecule has 0 saturated carbocycles. The van der Waals surface area contributed by atoms with Gasteiger partial charge in [-0.3, -0.25) is 4.79 Å². The molecule has 3 rings (SSSR count). The summed E-state index contributed by atoms with van der Waals surface area (Å²) in [4.78, 5) is 15.7. The standard InChI is InChI=1S/C19H20N2O4/c1-23-13-9-16(24-2)19(17(10-13)25-3)21-18(22)8-12-11-20-15-7-5-4-6-14(12)15/h4-7,9-11,20H,8H2,1-3H3,(H,21,22). The van der Waals surface area contributed by atoms with Crippen LogP contribution in [0.4, 0.5) is 5.69 Å². The average molecular weight is 340 g/mol. The van der Waals surface area contributed by atoms with Crippen molar-refractivity contribution in [3.63, 3.8) is 0 Å². The fourth-order valence-electron chi connectivity index (χ4n) is 2.76. The number of nitrogens with one attached hydrogen (secondary N) is 2. The molecule has 25 heavy (non-hydrogen) atoms. The van der Waals surface area contributed by atoms with E-state index in [4.69, 9.17) is 14.2 Å². The maximum atomic E-state index is 12.5. The molecule has 3 aromatic rings. The minimum atomic E-state index is -0.161. The van der Waals surface area contributed by atoms with Crippen molar-refractivity contribution < 1.29 is 19.0 Å². The molecule has 0 atom stereocenters. The van der Waals surface area contributed by atoms with Crippen molar-refractivity contribution in [2.75, 3.05) is 26.6 Å². The average Bonchev–Trinajstić information content (AvgIpc) is 3.04. The van der Waals surface area contributed by atoms with Crippen molar-refractivity contribution in [1.29, 1.82) is 0 Å². The van der Waals surface area contributed by atoms with Crippen molar-refractivity contribution in [3.05, 3.63) is 48.2 Å². The number of anilines is 1. The maximum Gasteiger partial charge on any atom is 0.229 e. The van der Waals surface area contributed by atoms with E-state index < -0.39 is 0 Å². The second kappa shape index (κ2) is 7.17. The fourth-order valence-corrected chi connectivity index (χ4v) is 2.76. The SMILES string of the molecule is COc1cc(OC)c(NC(=O)Cc2c[nH]c3ccccc23)c(OC)c1. The lowest BCUT2D eigenvalue weighted by molar-refractivity contribution is -0.115. The zero-order valence-corrected chi connectivity index (χ0v) is 14.4. The molecule has 1 amide bonds. The molecular formula is C19H20N2O4. The van der Waals surface area contributed by atoms with Gasteiger partial charge in [0.1, 0.15) is 22.9 Å². The molecule has 1 aromatic heterocycles. The molecule has 130 valence electrons. The second-order valence-corrected chi connectivity index (χ2v) is 5.49. The number of carbonyl (C=O) groups is 1. The minimum absolute atomic E-state index is 0.161. The number of H-pyrrole nitrogens is 1. The summed E-state index contributed by atoms with van der Waals surface area (Å²) in [6.07, 6.45) is 2.09. The number of aromatic nitrogens is 1. The number of ether oxygens (including phenoxy) is 3. The Balaban J connectivity index is 1.85. The van der Waals surface area contributed by atoms with Gasteiger partial charge in [0.25, 0.3) is 0 Å². The Hall–Kier alpha value is -3.15. The van der Waals surface area contributed by atoms with E-state index >= 15 is 0 Å². The number of amides is 1. The van der Waals surface area contributed by atoms with E-state index in [9.17, 15) is 4.79 Å². The molecule has 0 radical (unpaired) electrons. The first-order valence-electron chi connectivity index (χ1n) is 7.81. The number of aromatic amines is 1. The van der Waals surface area contributed by atoms with Crippen LogP contribution in [0.25, 0.3) is 10.9 Å². The Labute approximate surface area is 145 Å². The first kappa shape index (κ1) is 16.7. The highest BCUT2D eigenvalue weighted by Gasteiger charge is 2.17. The molecule has 0 aliphatic carbocycles. The van der Waals surface area contributed by atoms with E-state index in [1.54, 1.807) is 19.2 Å². The smallest absolute Gasteiger partial charge is 0.229 e. The van der Waals surface area contributed by atoms with E-state index in [0.717, 1.165) is 16.5 Å². The third-order valence-corrected chi connectivity index (χ3v) is 4.01. The highest BCUT2D eigenvalue weighted by molar-refractivity contribution is 5.98. The van der Waals surface area contributed by atoms with Gasteiger partial charge >= 0.3 is 0 Å². The highest BCUT2D eigenvalue weighted by Crippen LogP contribution is 2.39. The topological polar surface area (TPSA) is 72.6 Å². The van der Waals surface area contributed by atoms with Gasteiger partial charge in [-0.05, 0) is 11.6 Å². The van der Waals surface area contributed by atoms with Crippen LogP contribution in [0.5, 0.6) is 17.2 Å². The van der Waals surface area contributed by atoms with Crippen molar-refractivity contribution in [2.45, 2.75) is 6.42 Å². The van der Waals surface area contributed by atoms with Crippen LogP contribution in [0.15, 0.2) is 42.6 Å². The van der Waals surface area contributed by atoms with Crippen molar-refractivity contribution in [2.24, 2.45) is 0 Å². The fraction of sp³-hybridized carbons (Fsp3) is 0.211. The first-order valence-corrected chi connectivity index (χ1v) is 7.81. The van der Waals surface area contributed by atoms with Gasteiger partial charge < -0.3 is 24.5 Å². The normalized spacial score (nSPS) is 10.5. The van der Waals surface area contributed by atoms with Crippen LogP contribution < -0.4 is 19.5 Å². The van der Waals surface area contributed by atoms with E-state index in [1.807, 2.05) is 30.5 Å². The summed E-state index contributed by atoms with van der Waals surface area (Å²) in [5.41, 5.74) is 2.42. The molecule has 0 unspecified atom stereocenters. The van der Waals surface area contributed by atoms with Crippen LogP contribution in [-0.4, -0.2) is 32.2 Å². The summed E-state index contributed by atoms with van der Waals surface area (Å²) < 4.78 is 15.9. The molecule has 2 N–H and O–H groups in total. The molecule has 0 spiro atoms. The van der Waals surface area contributed by atoms with E-state index in [0.29, 0.717) is 22.9 Å². The van der Waals surface area contributed by atoms with Gasteiger partial charge in [0.05, 0.1) is 27.8 Å². The van der Waals surface area contributed by atoms with Gasteiger partial charge in [0, 0.05) is 29.2 Å². The van der Waals surface area contributed by atoms with Crippen LogP contribution in [0.2, 0.25) is 0 Å². The Morgan fingerprint density at radius 1 is 1.04 bits per heavy atom. The molecule has 1 heterocycles. The Morgan fingerprint density at radius 2 is 1.72 bits per heavy atom. The minimum Gasteiger partial charge on any atom is -0.496 e. The van der Waals surface area contributed by atoms with E-state index in [1.165, 1.54) is 14.2 Å². The summed E-state index contributed by atoms with van der Waals surface area (Å²) in [6, 6.07) is 11.3. The largest absolute Gasteiger partial charge is 0.496 e. The number of benzene rings is 2. The number of para-hydroxylation sites is 1. The lowest BCUT2D eigenvalue weighted by Gasteiger charge is -2.15. The van der Waals surface area contributed by atoms with Crippen LogP contribution in [-0.2, 0) is 11.2 Å². The Kier molecular flexibility index (Phi) is 4.79. The lowest BCUT2D eigenvalue weighted by Crippen LogP contribution is -2.15. The Bertz CT molecular complexity index is 876. The first-order chi connectivity index (χ1) is 12.2. The van der Waals surface area contributed by atoms with Crippen molar-refractivity contribution in [1.82, 2.24) is 4.98 Å². The summed E-state index contributed by atoms with van der Waals surface area (Å²) >= 11 is 0. The molecular weight excluding hydrogens is 320 g/mol. The molecule has 0 fully saturated rings. The molecule has 6 nitrogen and oxygen atoms in total. The van der Waals surface area contributed by atoms with Gasteiger partial charge in [0.15, 0.2) is 0 Å². The zero-order chi connectivity index (χ0) is 17.8. The van der Waals surface area contributed by atoms with Crippen LogP contribution in [0.3, 0.4) is 0 Å². The number of fused-ring (bicyclic) bond motifs is 1. The van der Waals surface area contributed by atoms with Crippen molar-refractivity contribution >= 4 is 22.5 Å². The van der Waals surface area contributed by atoms with Crippen LogP contribution in [0, 0.1) is 0 Å². The number of methoxy groups -OCH3 is 3. The molecule has 0 saturated heterocycles. The van der Waals surface area contributed by atoms with Crippen LogP contribution in [0.1, 0.15) is 5.56 Å². The van der Waals surface area contributed by atoms with E-state index in [2.05, 4.69) is 10.3 Å². The second-order valence-electron chi connectivity index (χ2n) is 5.49. The van der Waals surface area contributed by atoms with Crippen LogP contribution >= 0.6 is 0 Å². The predicted octanol–water partition coefficient (Wildman–Crippen LogP) is 3.37. The maximum absolute atomic E-state index is 12.5. The lowest BCUT2D eigenvalue weighted by atomic mass is 10.1. The van der Waals surface area contributed by atoms with Crippen molar-refractivity contribution in [3.8, 4) is 17.2 Å².